The third kappa shape index (κ3) is 4.78. The highest BCUT2D eigenvalue weighted by Crippen LogP contribution is 2.10. The van der Waals surface area contributed by atoms with Gasteiger partial charge in [-0.3, -0.25) is 9.59 Å². The summed E-state index contributed by atoms with van der Waals surface area (Å²) in [6.07, 6.45) is 0.803. The number of hydrogen-bond donors (Lipinski definition) is 2. The zero-order valence-corrected chi connectivity index (χ0v) is 9.21. The van der Waals surface area contributed by atoms with E-state index in [2.05, 4.69) is 10.5 Å². The number of hydrogen-bond acceptors (Lipinski definition) is 4. The molecular weight excluding hydrogens is 224 g/mol. The Bertz CT molecular complexity index is 443. The molecule has 0 spiro atoms. The quantitative estimate of drug-likeness (QED) is 0.445. The zero-order valence-electron chi connectivity index (χ0n) is 9.21. The number of hydrazone groups is 1. The first-order valence-electron chi connectivity index (χ1n) is 4.79. The van der Waals surface area contributed by atoms with Crippen molar-refractivity contribution in [3.05, 3.63) is 29.8 Å². The molecule has 0 bridgehead atoms. The Hall–Kier alpha value is -2.37. The van der Waals surface area contributed by atoms with E-state index >= 15 is 0 Å². The molecule has 90 valence electrons. The number of carbonyl (C=O) groups excluding carboxylic acids is 1. The number of amides is 1. The van der Waals surface area contributed by atoms with E-state index in [1.807, 2.05) is 0 Å². The molecule has 1 aromatic rings. The molecule has 0 aliphatic heterocycles. The molecule has 0 atom stereocenters. The molecule has 0 saturated heterocycles. The fourth-order valence-electron chi connectivity index (χ4n) is 1.08. The van der Waals surface area contributed by atoms with Crippen molar-refractivity contribution in [1.82, 2.24) is 5.43 Å². The van der Waals surface area contributed by atoms with E-state index in [-0.39, 0.29) is 0 Å². The number of ether oxygens (including phenoxy) is 1. The van der Waals surface area contributed by atoms with E-state index in [0.29, 0.717) is 5.75 Å². The van der Waals surface area contributed by atoms with Gasteiger partial charge in [0.1, 0.15) is 12.2 Å². The molecule has 0 saturated carbocycles. The Morgan fingerprint density at radius 2 is 2.29 bits per heavy atom. The van der Waals surface area contributed by atoms with Crippen LogP contribution in [0.1, 0.15) is 12.0 Å². The summed E-state index contributed by atoms with van der Waals surface area (Å²) in [5.74, 6) is -1.19. The van der Waals surface area contributed by atoms with Gasteiger partial charge >= 0.3 is 5.97 Å². The molecule has 0 unspecified atom stereocenters. The maximum Gasteiger partial charge on any atom is 0.312 e. The molecule has 6 heteroatoms. The van der Waals surface area contributed by atoms with Crippen LogP contribution in [0.3, 0.4) is 0 Å². The van der Waals surface area contributed by atoms with Crippen LogP contribution in [0.4, 0.5) is 0 Å². The first-order valence-corrected chi connectivity index (χ1v) is 4.79. The topological polar surface area (TPSA) is 88.0 Å². The van der Waals surface area contributed by atoms with Crippen LogP contribution < -0.4 is 10.2 Å². The van der Waals surface area contributed by atoms with Gasteiger partial charge in [-0.25, -0.2) is 5.43 Å². The van der Waals surface area contributed by atoms with Crippen molar-refractivity contribution in [2.24, 2.45) is 5.10 Å². The molecule has 0 heterocycles. The van der Waals surface area contributed by atoms with Gasteiger partial charge in [0.15, 0.2) is 0 Å². The third-order valence-corrected chi connectivity index (χ3v) is 1.81. The minimum absolute atomic E-state index is 0.602. The minimum Gasteiger partial charge on any atom is -0.497 e. The fourth-order valence-corrected chi connectivity index (χ4v) is 1.08. The predicted molar refractivity (Wildman–Crippen MR) is 61.0 cm³/mol. The molecule has 0 aliphatic rings. The Labute approximate surface area is 97.9 Å². The molecule has 0 radical (unpaired) electrons. The molecule has 0 aromatic heterocycles. The van der Waals surface area contributed by atoms with Crippen LogP contribution in [0.5, 0.6) is 5.75 Å². The summed E-state index contributed by atoms with van der Waals surface area (Å²) < 4.78 is 5.01. The molecule has 1 aromatic carbocycles. The Kier molecular flexibility index (Phi) is 4.68. The number of carboxylic acid groups (broad SMARTS) is 1. The van der Waals surface area contributed by atoms with Crippen molar-refractivity contribution in [3.63, 3.8) is 0 Å². The van der Waals surface area contributed by atoms with E-state index in [0.717, 1.165) is 5.56 Å². The van der Waals surface area contributed by atoms with Crippen LogP contribution in [0.2, 0.25) is 0 Å². The smallest absolute Gasteiger partial charge is 0.312 e. The lowest BCUT2D eigenvalue weighted by Crippen LogP contribution is -2.20. The maximum absolute atomic E-state index is 10.9. The Morgan fingerprint density at radius 1 is 1.53 bits per heavy atom. The first-order chi connectivity index (χ1) is 8.11. The number of benzene rings is 1. The average molecular weight is 236 g/mol. The van der Waals surface area contributed by atoms with Crippen molar-refractivity contribution in [2.75, 3.05) is 7.11 Å². The van der Waals surface area contributed by atoms with Gasteiger partial charge in [-0.15, -0.1) is 0 Å². The van der Waals surface area contributed by atoms with Gasteiger partial charge in [0.2, 0.25) is 0 Å². The number of aliphatic carboxylic acids is 1. The summed E-state index contributed by atoms with van der Waals surface area (Å²) in [6, 6.07) is 7.06. The monoisotopic (exact) mass is 236 g/mol. The second kappa shape index (κ2) is 6.26. The standard InChI is InChI=1S/C11H12N2O4/c1-17-9-4-2-3-8(5-9)7-12-13-10(14)6-11(15)16/h2-5,7H,6H2,1H3,(H,13,14)(H,15,16)/b12-7-. The van der Waals surface area contributed by atoms with Gasteiger partial charge < -0.3 is 9.84 Å². The fraction of sp³-hybridized carbons (Fsp3) is 0.182. The summed E-state index contributed by atoms with van der Waals surface area (Å²) in [5, 5.41) is 12.0. The highest BCUT2D eigenvalue weighted by molar-refractivity contribution is 5.93. The van der Waals surface area contributed by atoms with Crippen LogP contribution in [0.25, 0.3) is 0 Å². The third-order valence-electron chi connectivity index (χ3n) is 1.81. The largest absolute Gasteiger partial charge is 0.497 e. The van der Waals surface area contributed by atoms with E-state index in [1.54, 1.807) is 31.4 Å². The Balaban J connectivity index is 2.53. The van der Waals surface area contributed by atoms with Crippen molar-refractivity contribution in [3.8, 4) is 5.75 Å². The lowest BCUT2D eigenvalue weighted by Gasteiger charge is -1.99. The van der Waals surface area contributed by atoms with Crippen LogP contribution in [-0.4, -0.2) is 30.3 Å². The SMILES string of the molecule is COc1cccc(/C=N\NC(=O)CC(=O)O)c1. The number of carbonyl (C=O) groups is 2. The molecule has 0 fully saturated rings. The summed E-state index contributed by atoms with van der Waals surface area (Å²) in [7, 11) is 1.55. The minimum atomic E-state index is -1.20. The summed E-state index contributed by atoms with van der Waals surface area (Å²) in [4.78, 5) is 21.1. The van der Waals surface area contributed by atoms with Crippen LogP contribution in [0.15, 0.2) is 29.4 Å². The number of nitrogens with zero attached hydrogens (tertiary/aromatic N) is 1. The molecule has 1 rings (SSSR count). The van der Waals surface area contributed by atoms with E-state index in [9.17, 15) is 9.59 Å². The van der Waals surface area contributed by atoms with Gasteiger partial charge in [-0.05, 0) is 17.7 Å². The highest BCUT2D eigenvalue weighted by Gasteiger charge is 2.04. The van der Waals surface area contributed by atoms with E-state index in [4.69, 9.17) is 9.84 Å². The summed E-state index contributed by atoms with van der Waals surface area (Å²) in [5.41, 5.74) is 2.84. The van der Waals surface area contributed by atoms with E-state index < -0.39 is 18.3 Å². The zero-order chi connectivity index (χ0) is 12.7. The van der Waals surface area contributed by atoms with Gasteiger partial charge in [-0.1, -0.05) is 12.1 Å². The first kappa shape index (κ1) is 12.7. The van der Waals surface area contributed by atoms with Crippen molar-refractivity contribution in [2.45, 2.75) is 6.42 Å². The Morgan fingerprint density at radius 3 is 2.94 bits per heavy atom. The predicted octanol–water partition coefficient (Wildman–Crippen LogP) is 0.620. The lowest BCUT2D eigenvalue weighted by molar-refractivity contribution is -0.140. The van der Waals surface area contributed by atoms with Crippen molar-refractivity contribution in [1.29, 1.82) is 0 Å². The molecule has 17 heavy (non-hydrogen) atoms. The number of carboxylic acids is 1. The normalized spacial score (nSPS) is 10.2. The molecule has 0 aliphatic carbocycles. The van der Waals surface area contributed by atoms with Crippen molar-refractivity contribution >= 4 is 18.1 Å². The second-order valence-corrected chi connectivity index (χ2v) is 3.14. The lowest BCUT2D eigenvalue weighted by atomic mass is 10.2. The molecule has 2 N–H and O–H groups in total. The van der Waals surface area contributed by atoms with Gasteiger partial charge in [0.25, 0.3) is 5.91 Å². The van der Waals surface area contributed by atoms with Gasteiger partial charge in [0, 0.05) is 0 Å². The number of nitrogens with one attached hydrogen (secondary N) is 1. The van der Waals surface area contributed by atoms with Crippen LogP contribution in [0, 0.1) is 0 Å². The van der Waals surface area contributed by atoms with Gasteiger partial charge in [-0.2, -0.15) is 5.10 Å². The van der Waals surface area contributed by atoms with Crippen molar-refractivity contribution < 1.29 is 19.4 Å². The van der Waals surface area contributed by atoms with Crippen LogP contribution in [-0.2, 0) is 9.59 Å². The van der Waals surface area contributed by atoms with E-state index in [1.165, 1.54) is 6.21 Å². The second-order valence-electron chi connectivity index (χ2n) is 3.14. The summed E-state index contributed by atoms with van der Waals surface area (Å²) in [6.45, 7) is 0. The molecule has 6 nitrogen and oxygen atoms in total. The molecule has 1 amide bonds. The highest BCUT2D eigenvalue weighted by atomic mass is 16.5. The maximum atomic E-state index is 10.9. The summed E-state index contributed by atoms with van der Waals surface area (Å²) >= 11 is 0. The van der Waals surface area contributed by atoms with Gasteiger partial charge in [0.05, 0.1) is 13.3 Å². The average Bonchev–Trinajstić information content (AvgIpc) is 2.28. The molecular formula is C11H12N2O4. The number of rotatable bonds is 5. The number of methoxy groups -OCH3 is 1. The van der Waals surface area contributed by atoms with Crippen LogP contribution >= 0.6 is 0 Å².